The van der Waals surface area contributed by atoms with Crippen LogP contribution in [0.2, 0.25) is 0 Å². The van der Waals surface area contributed by atoms with Gasteiger partial charge in [0.05, 0.1) is 12.8 Å². The molecular weight excluding hydrogens is 274 g/mol. The number of carbonyl (C=O) groups excluding carboxylic acids is 2. The molecule has 1 atom stereocenters. The Balaban J connectivity index is 2.70. The van der Waals surface area contributed by atoms with E-state index in [2.05, 4.69) is 0 Å². The third-order valence-electron chi connectivity index (χ3n) is 2.40. The van der Waals surface area contributed by atoms with Gasteiger partial charge in [-0.3, -0.25) is 9.59 Å². The molecule has 0 fully saturated rings. The molecule has 0 unspecified atom stereocenters. The fourth-order valence-corrected chi connectivity index (χ4v) is 1.48. The second kappa shape index (κ2) is 6.60. The summed E-state index contributed by atoms with van der Waals surface area (Å²) in [5.41, 5.74) is 4.75. The van der Waals surface area contributed by atoms with Gasteiger partial charge in [0.2, 0.25) is 11.8 Å². The number of nitrogens with two attached hydrogens (primary N) is 1. The van der Waals surface area contributed by atoms with E-state index in [1.54, 1.807) is 0 Å². The van der Waals surface area contributed by atoms with Crippen molar-refractivity contribution < 1.29 is 28.3 Å². The number of rotatable bonds is 6. The Hall–Kier alpha value is -2.51. The zero-order valence-electron chi connectivity index (χ0n) is 10.2. The summed E-state index contributed by atoms with van der Waals surface area (Å²) in [6.07, 6.45) is -1.05. The fourth-order valence-electron chi connectivity index (χ4n) is 1.48. The lowest BCUT2D eigenvalue weighted by Crippen LogP contribution is -2.44. The Kier molecular flexibility index (Phi) is 5.13. The van der Waals surface area contributed by atoms with Crippen molar-refractivity contribution in [3.05, 3.63) is 35.4 Å². The highest BCUT2D eigenvalue weighted by Gasteiger charge is 2.22. The van der Waals surface area contributed by atoms with E-state index in [-0.39, 0.29) is 5.56 Å². The SMILES string of the molecule is NC(=O)C[C@@H](NC(=O)Cc1ccc(F)cc1F)C(=O)O. The normalized spacial score (nSPS) is 11.7. The van der Waals surface area contributed by atoms with Crippen molar-refractivity contribution in [1.82, 2.24) is 5.32 Å². The van der Waals surface area contributed by atoms with Crippen LogP contribution in [0.15, 0.2) is 18.2 Å². The minimum Gasteiger partial charge on any atom is -0.480 e. The molecule has 0 aliphatic carbocycles. The predicted molar refractivity (Wildman–Crippen MR) is 63.4 cm³/mol. The van der Waals surface area contributed by atoms with Crippen molar-refractivity contribution in [3.8, 4) is 0 Å². The van der Waals surface area contributed by atoms with E-state index in [0.29, 0.717) is 6.07 Å². The average Bonchev–Trinajstić information content (AvgIpc) is 2.31. The predicted octanol–water partition coefficient (Wildman–Crippen LogP) is -0.0479. The van der Waals surface area contributed by atoms with Gasteiger partial charge in [-0.1, -0.05) is 6.07 Å². The van der Waals surface area contributed by atoms with Gasteiger partial charge in [0, 0.05) is 6.07 Å². The Morgan fingerprint density at radius 1 is 1.30 bits per heavy atom. The van der Waals surface area contributed by atoms with E-state index in [4.69, 9.17) is 10.8 Å². The molecule has 0 radical (unpaired) electrons. The van der Waals surface area contributed by atoms with Crippen LogP contribution in [0.3, 0.4) is 0 Å². The Bertz CT molecular complexity index is 548. The van der Waals surface area contributed by atoms with Crippen LogP contribution in [0.25, 0.3) is 0 Å². The summed E-state index contributed by atoms with van der Waals surface area (Å²) in [6.45, 7) is 0. The van der Waals surface area contributed by atoms with Gasteiger partial charge in [-0.2, -0.15) is 0 Å². The van der Waals surface area contributed by atoms with Gasteiger partial charge in [0.25, 0.3) is 0 Å². The lowest BCUT2D eigenvalue weighted by atomic mass is 10.1. The van der Waals surface area contributed by atoms with Gasteiger partial charge >= 0.3 is 5.97 Å². The third kappa shape index (κ3) is 4.63. The maximum atomic E-state index is 13.3. The number of carbonyl (C=O) groups is 3. The smallest absolute Gasteiger partial charge is 0.326 e. The summed E-state index contributed by atoms with van der Waals surface area (Å²) in [4.78, 5) is 33.0. The van der Waals surface area contributed by atoms with Crippen LogP contribution in [0.5, 0.6) is 0 Å². The molecule has 2 amide bonds. The molecule has 108 valence electrons. The van der Waals surface area contributed by atoms with E-state index in [1.165, 1.54) is 0 Å². The largest absolute Gasteiger partial charge is 0.480 e. The van der Waals surface area contributed by atoms with Crippen molar-refractivity contribution in [2.75, 3.05) is 0 Å². The average molecular weight is 286 g/mol. The number of carboxylic acids is 1. The first-order valence-corrected chi connectivity index (χ1v) is 5.54. The quantitative estimate of drug-likeness (QED) is 0.681. The second-order valence-corrected chi connectivity index (χ2v) is 4.04. The first kappa shape index (κ1) is 15.5. The van der Waals surface area contributed by atoms with Crippen molar-refractivity contribution in [1.29, 1.82) is 0 Å². The van der Waals surface area contributed by atoms with Crippen LogP contribution >= 0.6 is 0 Å². The second-order valence-electron chi connectivity index (χ2n) is 4.04. The van der Waals surface area contributed by atoms with Crippen LogP contribution in [0, 0.1) is 11.6 Å². The molecule has 1 aromatic rings. The number of amides is 2. The molecule has 0 heterocycles. The van der Waals surface area contributed by atoms with Crippen LogP contribution in [0.1, 0.15) is 12.0 Å². The number of carboxylic acid groups (broad SMARTS) is 1. The number of hydrogen-bond acceptors (Lipinski definition) is 3. The monoisotopic (exact) mass is 286 g/mol. The van der Waals surface area contributed by atoms with Crippen molar-refractivity contribution >= 4 is 17.8 Å². The van der Waals surface area contributed by atoms with E-state index >= 15 is 0 Å². The molecular formula is C12H12F2N2O4. The summed E-state index contributed by atoms with van der Waals surface area (Å²) < 4.78 is 26.0. The Morgan fingerprint density at radius 2 is 1.95 bits per heavy atom. The van der Waals surface area contributed by atoms with Crippen LogP contribution in [0.4, 0.5) is 8.78 Å². The topological polar surface area (TPSA) is 109 Å². The van der Waals surface area contributed by atoms with E-state index in [0.717, 1.165) is 12.1 Å². The maximum Gasteiger partial charge on any atom is 0.326 e. The van der Waals surface area contributed by atoms with Crippen molar-refractivity contribution in [3.63, 3.8) is 0 Å². The van der Waals surface area contributed by atoms with E-state index in [9.17, 15) is 23.2 Å². The number of halogens is 2. The minimum absolute atomic E-state index is 0.0906. The number of benzene rings is 1. The highest BCUT2D eigenvalue weighted by molar-refractivity contribution is 5.88. The van der Waals surface area contributed by atoms with Crippen molar-refractivity contribution in [2.45, 2.75) is 18.9 Å². The molecule has 0 aromatic heterocycles. The van der Waals surface area contributed by atoms with Gasteiger partial charge in [-0.05, 0) is 11.6 Å². The summed E-state index contributed by atoms with van der Waals surface area (Å²) in [7, 11) is 0. The van der Waals surface area contributed by atoms with E-state index in [1.807, 2.05) is 5.32 Å². The zero-order chi connectivity index (χ0) is 15.3. The van der Waals surface area contributed by atoms with Gasteiger partial charge in [-0.15, -0.1) is 0 Å². The minimum atomic E-state index is -1.48. The summed E-state index contributed by atoms with van der Waals surface area (Å²) in [5.74, 6) is -4.85. The lowest BCUT2D eigenvalue weighted by Gasteiger charge is -2.13. The molecule has 4 N–H and O–H groups in total. The summed E-state index contributed by atoms with van der Waals surface area (Å²) >= 11 is 0. The molecule has 8 heteroatoms. The number of primary amides is 1. The first-order chi connectivity index (χ1) is 9.29. The van der Waals surface area contributed by atoms with Gasteiger partial charge in [0.1, 0.15) is 17.7 Å². The highest BCUT2D eigenvalue weighted by atomic mass is 19.1. The number of nitrogens with one attached hydrogen (secondary N) is 1. The molecule has 0 aliphatic heterocycles. The highest BCUT2D eigenvalue weighted by Crippen LogP contribution is 2.10. The first-order valence-electron chi connectivity index (χ1n) is 5.54. The molecule has 1 aromatic carbocycles. The van der Waals surface area contributed by atoms with Crippen LogP contribution in [-0.2, 0) is 20.8 Å². The Morgan fingerprint density at radius 3 is 2.45 bits per heavy atom. The molecule has 6 nitrogen and oxygen atoms in total. The molecule has 0 aliphatic rings. The van der Waals surface area contributed by atoms with Gasteiger partial charge in [-0.25, -0.2) is 13.6 Å². The number of hydrogen-bond donors (Lipinski definition) is 3. The lowest BCUT2D eigenvalue weighted by molar-refractivity contribution is -0.143. The molecule has 1 rings (SSSR count). The Labute approximate surface area is 112 Å². The number of aliphatic carboxylic acids is 1. The zero-order valence-corrected chi connectivity index (χ0v) is 10.2. The summed E-state index contributed by atoms with van der Waals surface area (Å²) in [6, 6.07) is 1.18. The van der Waals surface area contributed by atoms with Gasteiger partial charge in [0.15, 0.2) is 0 Å². The van der Waals surface area contributed by atoms with Gasteiger partial charge < -0.3 is 16.2 Å². The third-order valence-corrected chi connectivity index (χ3v) is 2.40. The molecule has 0 bridgehead atoms. The molecule has 0 saturated carbocycles. The molecule has 0 saturated heterocycles. The van der Waals surface area contributed by atoms with Crippen LogP contribution in [-0.4, -0.2) is 28.9 Å². The van der Waals surface area contributed by atoms with Crippen molar-refractivity contribution in [2.24, 2.45) is 5.73 Å². The molecule has 20 heavy (non-hydrogen) atoms. The maximum absolute atomic E-state index is 13.3. The molecule has 0 spiro atoms. The van der Waals surface area contributed by atoms with Crippen LogP contribution < -0.4 is 11.1 Å². The van der Waals surface area contributed by atoms with E-state index < -0.39 is 48.3 Å². The standard InChI is InChI=1S/C12H12F2N2O4/c13-7-2-1-6(8(14)4-7)3-11(18)16-9(12(19)20)5-10(15)17/h1-2,4,9H,3,5H2,(H2,15,17)(H,16,18)(H,19,20)/t9-/m1/s1. The summed E-state index contributed by atoms with van der Waals surface area (Å²) in [5, 5.41) is 10.8. The fraction of sp³-hybridized carbons (Fsp3) is 0.250.